The van der Waals surface area contributed by atoms with Crippen molar-refractivity contribution >= 4 is 62.4 Å². The van der Waals surface area contributed by atoms with E-state index in [1.54, 1.807) is 13.8 Å². The number of hydrogen-bond donors (Lipinski definition) is 6. The quantitative estimate of drug-likeness (QED) is 0.106. The minimum Gasteiger partial charge on any atom is -0.394 e. The van der Waals surface area contributed by atoms with E-state index in [1.807, 2.05) is 55.4 Å². The maximum absolute atomic E-state index is 13.5. The highest BCUT2D eigenvalue weighted by Gasteiger charge is 2.73. The molecule has 132 heavy (non-hydrogen) atoms. The molecule has 23 nitrogen and oxygen atoms in total. The Balaban J connectivity index is 0.000000118. The Morgan fingerprint density at radius 1 is 0.356 bits per heavy atom. The molecule has 22 rings (SSSR count). The van der Waals surface area contributed by atoms with Gasteiger partial charge in [0.05, 0.1) is 91.3 Å². The molecule has 2 saturated heterocycles. The standard InChI is InChI=1S/C23H35NO3.2C22H34O4.2C19H26O3.C3H8O.H2O4S/c1-13(2)27-20-11-23(4)14(9-18(20)25)5-7-16-17-8-6-15(12-24)22(17,3)10-19(26)21(16)23;1-12(2)26-18-11-21(3)13(9-16(18)23)5-6-14-15-7-8-19(25)22(15,4)10-17(24)20(14)21;1-12(2)26-20-15-6-5-13-14-7-8-18(25)22(14,4)11-17(24)19(13)21(15,3)10-9-16(20)23;1-18-9-15-14(22-15)7-10(18)3-4-11-12-5-6-16(21)19(12,2)8-13(20)17(11)18;1-18-8-7-14-17(22-14)12(18)4-3-10-11-5-6-15(21)19(11,2)9-13(20)16(10)18;1-3(2)4;1-5(2,3)4/h13-18,20-21,25H,5-11H2,1-4H3;12-16,18,20,23H,5-11H2,1-4H3;12-16,19-20,23H,5-11H2,1-4H3;10-12,14-15,17H,3-9H2,1-2H3;10-12,14,16-17H,3-9H2,1-2H3;3-4H,1-2H3;(H2,1,2,3,4)/t14-,15+,16-,17-,18-,20-,21+,22+,23-;13-,14-,15-,16-,18-,20+,21-,22-;13-,14-,15-,16+,19+,20+,21-,22-;10-,11-,12-,14-,15+,17+,18-,19-;10-,11-,12-,14+,16+,17-,18-,19-;;/m00000../s1. The zero-order valence-electron chi connectivity index (χ0n) is 83.0. The lowest BCUT2D eigenvalue weighted by atomic mass is 9.44. The van der Waals surface area contributed by atoms with Gasteiger partial charge in [0.25, 0.3) is 0 Å². The predicted molar refractivity (Wildman–Crippen MR) is 494 cm³/mol. The van der Waals surface area contributed by atoms with E-state index >= 15 is 0 Å². The number of hydrogen-bond acceptors (Lipinski definition) is 21. The van der Waals surface area contributed by atoms with Crippen LogP contribution in [0.5, 0.6) is 0 Å². The van der Waals surface area contributed by atoms with Gasteiger partial charge in [-0.05, 0) is 344 Å². The summed E-state index contributed by atoms with van der Waals surface area (Å²) in [5.74, 6) is 10.1. The summed E-state index contributed by atoms with van der Waals surface area (Å²) in [5, 5.41) is 49.5. The van der Waals surface area contributed by atoms with Crippen molar-refractivity contribution in [3.63, 3.8) is 0 Å². The maximum Gasteiger partial charge on any atom is 0.394 e. The Bertz CT molecular complexity index is 4450. The van der Waals surface area contributed by atoms with Crippen LogP contribution in [-0.2, 0) is 77.2 Å². The molecule has 22 fully saturated rings. The highest BCUT2D eigenvalue weighted by Crippen LogP contribution is 2.73. The summed E-state index contributed by atoms with van der Waals surface area (Å²) in [7, 11) is -4.67. The fourth-order valence-corrected chi connectivity index (χ4v) is 36.8. The first-order valence-corrected chi connectivity index (χ1v) is 53.9. The number of fused-ring (bicyclic) bond motifs is 28. The van der Waals surface area contributed by atoms with E-state index in [9.17, 15) is 63.7 Å². The molecule has 24 heteroatoms. The van der Waals surface area contributed by atoms with Crippen LogP contribution in [0.3, 0.4) is 0 Å². The lowest BCUT2D eigenvalue weighted by Gasteiger charge is -2.60. The monoisotopic (exact) mass is 1860 g/mol. The summed E-state index contributed by atoms with van der Waals surface area (Å²) < 4.78 is 61.5. The van der Waals surface area contributed by atoms with Gasteiger partial charge in [-0.2, -0.15) is 13.7 Å². The molecule has 0 aromatic heterocycles. The summed E-state index contributed by atoms with van der Waals surface area (Å²) in [5.41, 5.74) is -1.66. The van der Waals surface area contributed by atoms with Crippen LogP contribution in [0.4, 0.5) is 0 Å². The molecule has 20 saturated carbocycles. The first-order valence-electron chi connectivity index (χ1n) is 52.5. The molecule has 0 amide bonds. The average molecular weight is 1860 g/mol. The third-order valence-electron chi connectivity index (χ3n) is 42.6. The SMILES string of the molecule is CC(C)O.CC(C)O[C@H]1C[C@@]2(C)[C@@H](CC[C@@H]3[C@@H]2C(=O)C[C@]2(C)C(=O)CC[C@@H]32)C[C@@H]1O.CC(C)O[C@H]1C[C@@]2(C)[C@@H](CC[C@H]3[C@@H]4CC[C@H](C#N)[C@@]4(C)CC(=O)[C@@H]32)C[C@@H]1O.CC(C)O[C@H]1[C@H](O)CC[C@@]2(C)[C@H]1CC[C@@H]1[C@@H]2C(=O)C[C@]2(C)C(=O)CC[C@@H]12.C[C@]12CC[C@H]3O[C@H]3[C@@H]1CC[C@@H]1[C@@H]2C(=O)C[C@]2(C)C(=O)CC[C@@H]12.C[C@]12C[C@H]3O[C@H]3C[C@@H]1CC[C@@H]1[C@@H]2C(=O)C[C@]2(C)C(=O)CC[C@@H]12.O=S(=O)(O)O. The number of carbonyl (C=O) groups excluding carboxylic acids is 9. The number of rotatable bonds is 6. The van der Waals surface area contributed by atoms with E-state index in [-0.39, 0.29) is 127 Å². The van der Waals surface area contributed by atoms with Crippen molar-refractivity contribution in [2.75, 3.05) is 0 Å². The van der Waals surface area contributed by atoms with E-state index in [0.717, 1.165) is 141 Å². The highest BCUT2D eigenvalue weighted by molar-refractivity contribution is 7.79. The molecule has 0 unspecified atom stereocenters. The molecule has 0 bridgehead atoms. The third-order valence-corrected chi connectivity index (χ3v) is 42.6. The van der Waals surface area contributed by atoms with Crippen LogP contribution in [0.1, 0.15) is 349 Å². The molecule has 740 valence electrons. The maximum atomic E-state index is 13.5. The predicted octanol–water partition coefficient (Wildman–Crippen LogP) is 17.2. The summed E-state index contributed by atoms with van der Waals surface area (Å²) >= 11 is 0. The van der Waals surface area contributed by atoms with Crippen molar-refractivity contribution in [1.82, 2.24) is 0 Å². The van der Waals surface area contributed by atoms with Crippen molar-refractivity contribution < 1.29 is 105 Å². The first kappa shape index (κ1) is 101. The van der Waals surface area contributed by atoms with E-state index < -0.39 is 39.5 Å². The molecule has 0 radical (unpaired) electrons. The molecule has 6 N–H and O–H groups in total. The molecule has 2 heterocycles. The molecule has 0 aromatic carbocycles. The van der Waals surface area contributed by atoms with Crippen LogP contribution in [-0.4, -0.2) is 175 Å². The van der Waals surface area contributed by atoms with Gasteiger partial charge in [0.1, 0.15) is 52.0 Å². The third kappa shape index (κ3) is 17.4. The van der Waals surface area contributed by atoms with E-state index in [1.165, 1.54) is 19.3 Å². The van der Waals surface area contributed by atoms with Crippen LogP contribution >= 0.6 is 0 Å². The topological polar surface area (TPSA) is 386 Å². The number of nitriles is 1. The number of ketones is 9. The number of epoxide rings is 2. The zero-order chi connectivity index (χ0) is 95.9. The largest absolute Gasteiger partial charge is 0.394 e. The van der Waals surface area contributed by atoms with Crippen molar-refractivity contribution in [3.8, 4) is 6.07 Å². The Labute approximate surface area is 787 Å². The van der Waals surface area contributed by atoms with E-state index in [4.69, 9.17) is 46.3 Å². The van der Waals surface area contributed by atoms with Gasteiger partial charge in [0, 0.05) is 115 Å². The molecule has 2 aliphatic heterocycles. The van der Waals surface area contributed by atoms with E-state index in [2.05, 4.69) is 61.5 Å². The molecule has 0 aromatic rings. The highest BCUT2D eigenvalue weighted by atomic mass is 32.3. The second-order valence-corrected chi connectivity index (χ2v) is 51.9. The van der Waals surface area contributed by atoms with Gasteiger partial charge in [-0.3, -0.25) is 52.3 Å². The van der Waals surface area contributed by atoms with Crippen LogP contribution < -0.4 is 0 Å². The normalized spacial score (nSPS) is 51.3. The summed E-state index contributed by atoms with van der Waals surface area (Å²) in [4.78, 5) is 116. The average Bonchev–Trinajstić information content (AvgIpc) is 1.08. The van der Waals surface area contributed by atoms with Crippen molar-refractivity contribution in [2.45, 2.75) is 435 Å². The fourth-order valence-electron chi connectivity index (χ4n) is 36.8. The second kappa shape index (κ2) is 36.5. The number of nitrogens with zero attached hydrogens (tertiary/aromatic N) is 1. The Hall–Kier alpha value is -3.97. The molecular formula is C108H165NO22S. The van der Waals surface area contributed by atoms with Gasteiger partial charge in [-0.15, -0.1) is 0 Å². The van der Waals surface area contributed by atoms with Crippen molar-refractivity contribution in [3.05, 3.63) is 0 Å². The smallest absolute Gasteiger partial charge is 0.394 e. The number of Topliss-reactive ketones (excluding diaryl/α,β-unsaturated/α-hetero) is 9. The molecule has 22 aliphatic rings. The van der Waals surface area contributed by atoms with Gasteiger partial charge in [-0.1, -0.05) is 69.2 Å². The lowest BCUT2D eigenvalue weighted by Crippen LogP contribution is -2.61. The molecular weight excluding hydrogens is 1700 g/mol. The fraction of sp³-hybridized carbons (Fsp3) is 0.907. The van der Waals surface area contributed by atoms with Crippen LogP contribution in [0, 0.1) is 190 Å². The van der Waals surface area contributed by atoms with E-state index in [0.29, 0.717) is 224 Å². The van der Waals surface area contributed by atoms with Crippen LogP contribution in [0.2, 0.25) is 0 Å². The van der Waals surface area contributed by atoms with Crippen LogP contribution in [0.15, 0.2) is 0 Å². The van der Waals surface area contributed by atoms with Crippen molar-refractivity contribution in [1.29, 1.82) is 5.26 Å². The minimum absolute atomic E-state index is 0.0307. The summed E-state index contributed by atoms with van der Waals surface area (Å²) in [6.45, 7) is 37.6. The Morgan fingerprint density at radius 2 is 0.682 bits per heavy atom. The van der Waals surface area contributed by atoms with Crippen molar-refractivity contribution in [2.24, 2.45) is 178 Å². The molecule has 20 aliphatic carbocycles. The minimum atomic E-state index is -4.67. The molecule has 41 atom stereocenters. The van der Waals surface area contributed by atoms with Gasteiger partial charge in [0.2, 0.25) is 0 Å². The zero-order valence-corrected chi connectivity index (χ0v) is 83.8. The Kier molecular flexibility index (Phi) is 27.9. The lowest BCUT2D eigenvalue weighted by molar-refractivity contribution is -0.197. The number of aliphatic hydroxyl groups is 4. The van der Waals surface area contributed by atoms with Gasteiger partial charge < -0.3 is 44.1 Å². The molecule has 0 spiro atoms. The van der Waals surface area contributed by atoms with Gasteiger partial charge >= 0.3 is 10.4 Å². The number of carbonyl (C=O) groups is 9. The van der Waals surface area contributed by atoms with Crippen LogP contribution in [0.25, 0.3) is 0 Å². The van der Waals surface area contributed by atoms with Gasteiger partial charge in [-0.25, -0.2) is 0 Å². The first-order chi connectivity index (χ1) is 61.7. The summed E-state index contributed by atoms with van der Waals surface area (Å²) in [6, 6.07) is 2.51. The second-order valence-electron chi connectivity index (χ2n) is 51.0. The number of aliphatic hydroxyl groups excluding tert-OH is 4. The summed E-state index contributed by atoms with van der Waals surface area (Å²) in [6.07, 6.45) is 31.4. The number of ether oxygens (including phenoxy) is 5. The van der Waals surface area contributed by atoms with Gasteiger partial charge in [0.15, 0.2) is 0 Å². The Morgan fingerprint density at radius 3 is 1.07 bits per heavy atom.